The number of aryl methyl sites for hydroxylation is 1. The molecule has 1 aliphatic heterocycles. The van der Waals surface area contributed by atoms with Gasteiger partial charge in [0.1, 0.15) is 0 Å². The molecule has 0 aliphatic carbocycles. The second kappa shape index (κ2) is 10.9. The number of rotatable bonds is 5. The molecule has 2 aromatic heterocycles. The number of hydrogen-bond acceptors (Lipinski definition) is 7. The highest BCUT2D eigenvalue weighted by Gasteiger charge is 2.39. The van der Waals surface area contributed by atoms with Crippen molar-refractivity contribution in [1.82, 2.24) is 25.3 Å². The average Bonchev–Trinajstić information content (AvgIpc) is 3.38. The molecule has 40 heavy (non-hydrogen) atoms. The normalized spacial score (nSPS) is 16.2. The van der Waals surface area contributed by atoms with Crippen LogP contribution in [0.5, 0.6) is 0 Å². The van der Waals surface area contributed by atoms with E-state index in [0.29, 0.717) is 42.3 Å². The topological polar surface area (TPSA) is 125 Å². The van der Waals surface area contributed by atoms with Gasteiger partial charge in [0.2, 0.25) is 0 Å². The van der Waals surface area contributed by atoms with Crippen LogP contribution < -0.4 is 10.2 Å². The molecule has 3 heterocycles. The average molecular weight is 553 g/mol. The lowest BCUT2D eigenvalue weighted by Crippen LogP contribution is -2.59. The van der Waals surface area contributed by atoms with Gasteiger partial charge in [0, 0.05) is 37.2 Å². The van der Waals surface area contributed by atoms with E-state index >= 15 is 4.39 Å². The summed E-state index contributed by atoms with van der Waals surface area (Å²) in [6, 6.07) is 5.27. The van der Waals surface area contributed by atoms with E-state index in [2.05, 4.69) is 20.4 Å². The summed E-state index contributed by atoms with van der Waals surface area (Å²) in [6.45, 7) is 15.1. The summed E-state index contributed by atoms with van der Waals surface area (Å²) in [4.78, 5) is 36.2. The Hall–Kier alpha value is -4.02. The largest absolute Gasteiger partial charge is 0.465 e. The van der Waals surface area contributed by atoms with Crippen molar-refractivity contribution in [2.75, 3.05) is 24.5 Å². The lowest BCUT2D eigenvalue weighted by molar-refractivity contribution is 0.0748. The van der Waals surface area contributed by atoms with Gasteiger partial charge in [-0.1, -0.05) is 64.9 Å². The number of carboxylic acid groups (broad SMARTS) is 1. The molecule has 1 aromatic carbocycles. The molecule has 2 N–H and O–H groups in total. The number of piperazine rings is 1. The van der Waals surface area contributed by atoms with Crippen molar-refractivity contribution in [3.63, 3.8) is 0 Å². The van der Waals surface area contributed by atoms with Gasteiger partial charge in [-0.2, -0.15) is 4.98 Å². The molecule has 3 aromatic rings. The van der Waals surface area contributed by atoms with Gasteiger partial charge in [-0.05, 0) is 29.0 Å². The van der Waals surface area contributed by atoms with Crippen molar-refractivity contribution in [2.24, 2.45) is 5.41 Å². The second-order valence-electron chi connectivity index (χ2n) is 12.3. The van der Waals surface area contributed by atoms with Crippen molar-refractivity contribution in [3.05, 3.63) is 59.3 Å². The molecule has 0 spiro atoms. The van der Waals surface area contributed by atoms with Gasteiger partial charge in [0.25, 0.3) is 0 Å². The minimum absolute atomic E-state index is 0.0979. The van der Waals surface area contributed by atoms with Crippen LogP contribution in [0, 0.1) is 18.2 Å². The van der Waals surface area contributed by atoms with E-state index < -0.39 is 17.8 Å². The Bertz CT molecular complexity index is 1410. The van der Waals surface area contributed by atoms with Gasteiger partial charge in [0.15, 0.2) is 11.6 Å². The number of carbonyl (C=O) groups excluding carboxylic acids is 1. The highest BCUT2D eigenvalue weighted by molar-refractivity contribution is 5.89. The molecule has 0 saturated carbocycles. The molecule has 1 aliphatic rings. The molecule has 10 nitrogen and oxygen atoms in total. The van der Waals surface area contributed by atoms with Crippen molar-refractivity contribution in [2.45, 2.75) is 66.5 Å². The fourth-order valence-corrected chi connectivity index (χ4v) is 4.84. The van der Waals surface area contributed by atoms with Gasteiger partial charge < -0.3 is 24.7 Å². The number of pyridine rings is 1. The number of halogens is 1. The fourth-order valence-electron chi connectivity index (χ4n) is 4.84. The van der Waals surface area contributed by atoms with Crippen LogP contribution in [0.2, 0.25) is 0 Å². The van der Waals surface area contributed by atoms with Gasteiger partial charge in [-0.3, -0.25) is 9.78 Å². The first-order valence-corrected chi connectivity index (χ1v) is 13.3. The highest BCUT2D eigenvalue weighted by atomic mass is 19.1. The zero-order valence-corrected chi connectivity index (χ0v) is 24.1. The Labute approximate surface area is 233 Å². The molecule has 214 valence electrons. The zero-order chi connectivity index (χ0) is 29.4. The summed E-state index contributed by atoms with van der Waals surface area (Å²) in [5.41, 5.74) is 2.76. The van der Waals surface area contributed by atoms with Gasteiger partial charge in [-0.25, -0.2) is 9.18 Å². The third kappa shape index (κ3) is 6.08. The van der Waals surface area contributed by atoms with E-state index in [9.17, 15) is 14.7 Å². The second-order valence-corrected chi connectivity index (χ2v) is 12.3. The Morgan fingerprint density at radius 3 is 2.48 bits per heavy atom. The van der Waals surface area contributed by atoms with E-state index in [0.717, 1.165) is 11.1 Å². The Morgan fingerprint density at radius 1 is 1.15 bits per heavy atom. The lowest BCUT2D eigenvalue weighted by atomic mass is 9.84. The van der Waals surface area contributed by atoms with Crippen LogP contribution >= 0.6 is 0 Å². The predicted octanol–water partition coefficient (Wildman–Crippen LogP) is 5.02. The minimum atomic E-state index is -0.954. The summed E-state index contributed by atoms with van der Waals surface area (Å²) < 4.78 is 20.4. The fraction of sp³-hybridized carbons (Fsp3) is 0.483. The Morgan fingerprint density at radius 2 is 1.88 bits per heavy atom. The van der Waals surface area contributed by atoms with Crippen LogP contribution in [0.25, 0.3) is 11.1 Å². The van der Waals surface area contributed by atoms with Crippen LogP contribution in [0.4, 0.5) is 14.9 Å². The third-order valence-corrected chi connectivity index (χ3v) is 7.21. The van der Waals surface area contributed by atoms with Gasteiger partial charge in [0.05, 0.1) is 24.1 Å². The first kappa shape index (κ1) is 29.0. The molecule has 1 saturated heterocycles. The molecule has 1 fully saturated rings. The maximum Gasteiger partial charge on any atom is 0.407 e. The molecule has 1 atom stereocenters. The van der Waals surface area contributed by atoms with Crippen LogP contribution in [0.3, 0.4) is 0 Å². The van der Waals surface area contributed by atoms with Crippen LogP contribution in [-0.2, 0) is 12.0 Å². The molecule has 0 bridgehead atoms. The van der Waals surface area contributed by atoms with Crippen LogP contribution in [0.1, 0.15) is 69.2 Å². The molecular formula is C29H37FN6O4. The number of amides is 2. The van der Waals surface area contributed by atoms with Crippen molar-refractivity contribution >= 4 is 17.7 Å². The monoisotopic (exact) mass is 552 g/mol. The summed E-state index contributed by atoms with van der Waals surface area (Å²) in [5, 5.41) is 16.4. The number of nitrogens with one attached hydrogen (secondary N) is 1. The number of nitrogens with zero attached hydrogens (tertiary/aromatic N) is 5. The van der Waals surface area contributed by atoms with Crippen molar-refractivity contribution in [1.29, 1.82) is 0 Å². The molecule has 0 radical (unpaired) electrons. The summed E-state index contributed by atoms with van der Waals surface area (Å²) >= 11 is 0. The minimum Gasteiger partial charge on any atom is -0.465 e. The lowest BCUT2D eigenvalue weighted by Gasteiger charge is -2.47. The standard InChI is InChI=1S/C29H37FN6O4/c1-17-12-18(8-9-19(17)13-32-24(37)25-33-26(34-40-25)29(5,6)7)23-20(30)14-31-15-21(23)35-10-11-36(27(38)39)22(16-35)28(2,3)4/h8-9,12,14-15,22H,10-11,13,16H2,1-7H3,(H,32,37)(H,38,39). The van der Waals surface area contributed by atoms with E-state index in [-0.39, 0.29) is 29.3 Å². The number of carbonyl (C=O) groups is 2. The summed E-state index contributed by atoms with van der Waals surface area (Å²) in [6.07, 6.45) is 1.87. The highest BCUT2D eigenvalue weighted by Crippen LogP contribution is 2.37. The van der Waals surface area contributed by atoms with Crippen molar-refractivity contribution < 1.29 is 23.6 Å². The Kier molecular flexibility index (Phi) is 7.87. The quantitative estimate of drug-likeness (QED) is 0.452. The van der Waals surface area contributed by atoms with E-state index in [1.54, 1.807) is 6.20 Å². The predicted molar refractivity (Wildman–Crippen MR) is 149 cm³/mol. The van der Waals surface area contributed by atoms with E-state index in [1.807, 2.05) is 71.6 Å². The number of hydrogen-bond donors (Lipinski definition) is 2. The van der Waals surface area contributed by atoms with Gasteiger partial charge >= 0.3 is 17.9 Å². The number of benzene rings is 1. The van der Waals surface area contributed by atoms with E-state index in [4.69, 9.17) is 4.52 Å². The third-order valence-electron chi connectivity index (χ3n) is 7.21. The number of anilines is 1. The first-order chi connectivity index (χ1) is 18.7. The van der Waals surface area contributed by atoms with Crippen LogP contribution in [-0.4, -0.2) is 62.8 Å². The van der Waals surface area contributed by atoms with E-state index in [1.165, 1.54) is 11.1 Å². The first-order valence-electron chi connectivity index (χ1n) is 13.3. The summed E-state index contributed by atoms with van der Waals surface area (Å²) in [7, 11) is 0. The van der Waals surface area contributed by atoms with Crippen LogP contribution in [0.15, 0.2) is 35.1 Å². The maximum atomic E-state index is 15.3. The number of aromatic nitrogens is 3. The SMILES string of the molecule is Cc1cc(-c2c(F)cncc2N2CCN(C(=O)O)C(C(C)(C)C)C2)ccc1CNC(=O)c1nc(C(C)(C)C)no1. The molecule has 1 unspecified atom stereocenters. The van der Waals surface area contributed by atoms with Gasteiger partial charge in [-0.15, -0.1) is 0 Å². The smallest absolute Gasteiger partial charge is 0.407 e. The molecule has 11 heteroatoms. The molecule has 2 amide bonds. The molecule has 4 rings (SSSR count). The van der Waals surface area contributed by atoms with Crippen molar-refractivity contribution in [3.8, 4) is 11.1 Å². The summed E-state index contributed by atoms with van der Waals surface area (Å²) in [5.74, 6) is -0.578. The zero-order valence-electron chi connectivity index (χ0n) is 24.1. The maximum absolute atomic E-state index is 15.3. The Balaban J connectivity index is 1.55. The molecular weight excluding hydrogens is 515 g/mol.